The molecule has 0 saturated heterocycles. The third-order valence-electron chi connectivity index (χ3n) is 7.03. The highest BCUT2D eigenvalue weighted by Gasteiger charge is 2.42. The van der Waals surface area contributed by atoms with E-state index in [1.54, 1.807) is 7.11 Å². The van der Waals surface area contributed by atoms with Gasteiger partial charge in [0.2, 0.25) is 0 Å². The van der Waals surface area contributed by atoms with Crippen LogP contribution < -0.4 is 0 Å². The van der Waals surface area contributed by atoms with E-state index < -0.39 is 0 Å². The highest BCUT2D eigenvalue weighted by Crippen LogP contribution is 2.47. The predicted octanol–water partition coefficient (Wildman–Crippen LogP) is 4.38. The molecule has 0 radical (unpaired) electrons. The number of carbonyl (C=O) groups excluding carboxylic acids is 2. The smallest absolute Gasteiger partial charge is 0.305 e. The first kappa shape index (κ1) is 23.8. The van der Waals surface area contributed by atoms with E-state index in [4.69, 9.17) is 4.74 Å². The normalized spacial score (nSPS) is 27.4. The number of carbonyl (C=O) groups is 2. The van der Waals surface area contributed by atoms with E-state index in [0.717, 1.165) is 32.1 Å². The molecule has 0 aromatic heterocycles. The summed E-state index contributed by atoms with van der Waals surface area (Å²) < 4.78 is 10.2. The summed E-state index contributed by atoms with van der Waals surface area (Å²) in [4.78, 5) is 23.6. The first-order valence-electron chi connectivity index (χ1n) is 11.1. The molecular weight excluding hydrogens is 368 g/mol. The molecule has 0 aromatic rings. The van der Waals surface area contributed by atoms with E-state index in [1.165, 1.54) is 13.5 Å². The van der Waals surface area contributed by atoms with Gasteiger partial charge in [0.25, 0.3) is 0 Å². The van der Waals surface area contributed by atoms with Crippen molar-refractivity contribution >= 4 is 11.8 Å². The van der Waals surface area contributed by atoms with Gasteiger partial charge in [-0.15, -0.1) is 0 Å². The minimum absolute atomic E-state index is 0.0541. The van der Waals surface area contributed by atoms with Crippen molar-refractivity contribution in [3.05, 3.63) is 24.3 Å². The third-order valence-corrected chi connectivity index (χ3v) is 7.03. The number of ketones is 1. The van der Waals surface area contributed by atoms with Crippen molar-refractivity contribution in [3.63, 3.8) is 0 Å². The fourth-order valence-corrected chi connectivity index (χ4v) is 4.74. The second kappa shape index (κ2) is 11.7. The van der Waals surface area contributed by atoms with Crippen LogP contribution in [-0.2, 0) is 19.1 Å². The van der Waals surface area contributed by atoms with Crippen LogP contribution in [0, 0.1) is 17.3 Å². The van der Waals surface area contributed by atoms with Crippen LogP contribution in [0.3, 0.4) is 0 Å². The molecule has 1 unspecified atom stereocenters. The molecule has 2 aliphatic carbocycles. The van der Waals surface area contributed by atoms with E-state index in [0.29, 0.717) is 25.7 Å². The van der Waals surface area contributed by atoms with E-state index in [9.17, 15) is 14.7 Å². The fraction of sp³-hybridized carbons (Fsp3) is 0.750. The number of ether oxygens (including phenoxy) is 2. The molecule has 1 N–H and O–H groups in total. The Labute approximate surface area is 175 Å². The second-order valence-electron chi connectivity index (χ2n) is 8.55. The Morgan fingerprint density at radius 2 is 2.03 bits per heavy atom. The van der Waals surface area contributed by atoms with E-state index in [2.05, 4.69) is 23.8 Å². The van der Waals surface area contributed by atoms with Crippen molar-refractivity contribution in [3.8, 4) is 0 Å². The summed E-state index contributed by atoms with van der Waals surface area (Å²) in [6, 6.07) is 0. The maximum Gasteiger partial charge on any atom is 0.305 e. The molecule has 0 heterocycles. The number of Topliss-reactive ketones (excluding diaryl/α,β-unsaturated/α-hetero) is 1. The number of hydrogen-bond donors (Lipinski definition) is 1. The Bertz CT molecular complexity index is 585. The van der Waals surface area contributed by atoms with Crippen molar-refractivity contribution in [1.29, 1.82) is 0 Å². The molecule has 0 aliphatic heterocycles. The van der Waals surface area contributed by atoms with Crippen LogP contribution in [0.2, 0.25) is 0 Å². The lowest BCUT2D eigenvalue weighted by atomic mass is 9.63. The number of rotatable bonds is 12. The highest BCUT2D eigenvalue weighted by atomic mass is 16.5. The Morgan fingerprint density at radius 3 is 2.62 bits per heavy atom. The molecule has 2 saturated carbocycles. The minimum atomic E-state index is -0.302. The quantitative estimate of drug-likeness (QED) is 0.296. The molecule has 0 bridgehead atoms. The van der Waals surface area contributed by atoms with Gasteiger partial charge in [-0.2, -0.15) is 0 Å². The van der Waals surface area contributed by atoms with Crippen LogP contribution in [0.5, 0.6) is 0 Å². The van der Waals surface area contributed by atoms with Gasteiger partial charge in [-0.25, -0.2) is 0 Å². The molecule has 5 heteroatoms. The SMILES string of the molecule is CCC1(C(O)C/C=C/[C@H]2[C@H](OC)CC(=O)[C@@H]2C/C=C\CCCC(=O)OC)CCC1. The zero-order valence-electron chi connectivity index (χ0n) is 18.3. The van der Waals surface area contributed by atoms with Gasteiger partial charge in [0.1, 0.15) is 5.78 Å². The highest BCUT2D eigenvalue weighted by molar-refractivity contribution is 5.84. The molecule has 0 spiro atoms. The molecule has 0 amide bonds. The Hall–Kier alpha value is -1.46. The monoisotopic (exact) mass is 406 g/mol. The summed E-state index contributed by atoms with van der Waals surface area (Å²) in [6.45, 7) is 2.16. The molecule has 2 fully saturated rings. The van der Waals surface area contributed by atoms with Crippen LogP contribution in [0.15, 0.2) is 24.3 Å². The largest absolute Gasteiger partial charge is 0.469 e. The Morgan fingerprint density at radius 1 is 1.28 bits per heavy atom. The molecular formula is C24H38O5. The molecule has 0 aromatic carbocycles. The lowest BCUT2D eigenvalue weighted by Gasteiger charge is -2.45. The maximum atomic E-state index is 12.5. The van der Waals surface area contributed by atoms with E-state index in [1.807, 2.05) is 12.2 Å². The summed E-state index contributed by atoms with van der Waals surface area (Å²) >= 11 is 0. The molecule has 2 aliphatic rings. The molecule has 164 valence electrons. The average molecular weight is 407 g/mol. The topological polar surface area (TPSA) is 72.8 Å². The average Bonchev–Trinajstić information content (AvgIpc) is 2.98. The lowest BCUT2D eigenvalue weighted by Crippen LogP contribution is -2.40. The van der Waals surface area contributed by atoms with Gasteiger partial charge in [-0.05, 0) is 50.4 Å². The number of aliphatic hydroxyl groups is 1. The lowest BCUT2D eigenvalue weighted by molar-refractivity contribution is -0.140. The van der Waals surface area contributed by atoms with Crippen molar-refractivity contribution in [1.82, 2.24) is 0 Å². The summed E-state index contributed by atoms with van der Waals surface area (Å²) in [6.07, 6.45) is 16.1. The summed E-state index contributed by atoms with van der Waals surface area (Å²) in [5, 5.41) is 10.6. The molecule has 29 heavy (non-hydrogen) atoms. The second-order valence-corrected chi connectivity index (χ2v) is 8.55. The molecule has 2 rings (SSSR count). The Balaban J connectivity index is 1.87. The van der Waals surface area contributed by atoms with Crippen LogP contribution in [-0.4, -0.2) is 43.3 Å². The number of allylic oxidation sites excluding steroid dienone is 2. The first-order valence-corrected chi connectivity index (χ1v) is 11.1. The van der Waals surface area contributed by atoms with Gasteiger partial charge in [-0.3, -0.25) is 9.59 Å². The number of hydrogen-bond acceptors (Lipinski definition) is 5. The predicted molar refractivity (Wildman–Crippen MR) is 113 cm³/mol. The van der Waals surface area contributed by atoms with Crippen LogP contribution in [0.4, 0.5) is 0 Å². The van der Waals surface area contributed by atoms with Crippen molar-refractivity contribution in [2.75, 3.05) is 14.2 Å². The zero-order chi connectivity index (χ0) is 21.3. The maximum absolute atomic E-state index is 12.5. The summed E-state index contributed by atoms with van der Waals surface area (Å²) in [5.41, 5.74) is 0.100. The molecule has 4 atom stereocenters. The molecule has 5 nitrogen and oxygen atoms in total. The van der Waals surface area contributed by atoms with Crippen LogP contribution >= 0.6 is 0 Å². The number of aliphatic hydroxyl groups excluding tert-OH is 1. The summed E-state index contributed by atoms with van der Waals surface area (Å²) in [5.74, 6) is 0.0363. The minimum Gasteiger partial charge on any atom is -0.469 e. The van der Waals surface area contributed by atoms with Gasteiger partial charge in [-0.1, -0.05) is 37.6 Å². The standard InChI is InChI=1S/C24H38O5/c1-4-24(15-10-16-24)22(26)13-9-12-19-18(20(25)17-21(19)28-2)11-7-5-6-8-14-23(27)29-3/h5,7,9,12,18-19,21-22,26H,4,6,8,10-11,13-17H2,1-3H3/b7-5-,12-9+/t18-,19-,21-,22?/m1/s1. The van der Waals surface area contributed by atoms with Crippen LogP contribution in [0.25, 0.3) is 0 Å². The van der Waals surface area contributed by atoms with Gasteiger partial charge in [0.15, 0.2) is 0 Å². The van der Waals surface area contributed by atoms with Gasteiger partial charge in [0, 0.05) is 31.8 Å². The third kappa shape index (κ3) is 6.26. The number of esters is 1. The van der Waals surface area contributed by atoms with E-state index >= 15 is 0 Å². The summed E-state index contributed by atoms with van der Waals surface area (Å²) in [7, 11) is 3.07. The van der Waals surface area contributed by atoms with Crippen LogP contribution in [0.1, 0.15) is 71.1 Å². The number of unbranched alkanes of at least 4 members (excludes halogenated alkanes) is 1. The van der Waals surface area contributed by atoms with Gasteiger partial charge < -0.3 is 14.6 Å². The van der Waals surface area contributed by atoms with Crippen molar-refractivity contribution in [2.24, 2.45) is 17.3 Å². The number of methoxy groups -OCH3 is 2. The first-order chi connectivity index (χ1) is 14.0. The fourth-order valence-electron chi connectivity index (χ4n) is 4.74. The van der Waals surface area contributed by atoms with Crippen molar-refractivity contribution in [2.45, 2.75) is 83.3 Å². The van der Waals surface area contributed by atoms with E-state index in [-0.39, 0.29) is 41.2 Å². The Kier molecular flexibility index (Phi) is 9.57. The van der Waals surface area contributed by atoms with Gasteiger partial charge in [0.05, 0.1) is 19.3 Å². The van der Waals surface area contributed by atoms with Crippen molar-refractivity contribution < 1.29 is 24.2 Å². The van der Waals surface area contributed by atoms with Gasteiger partial charge >= 0.3 is 5.97 Å². The zero-order valence-corrected chi connectivity index (χ0v) is 18.3.